The van der Waals surface area contributed by atoms with Gasteiger partial charge in [-0.1, -0.05) is 6.42 Å². The first-order chi connectivity index (χ1) is 10.9. The normalized spacial score (nSPS) is 20.1. The van der Waals surface area contributed by atoms with E-state index in [9.17, 15) is 0 Å². The highest BCUT2D eigenvalue weighted by Gasteiger charge is 2.24. The van der Waals surface area contributed by atoms with Crippen LogP contribution in [0.4, 0.5) is 0 Å². The summed E-state index contributed by atoms with van der Waals surface area (Å²) in [6.45, 7) is 7.73. The number of aromatic nitrogens is 3. The van der Waals surface area contributed by atoms with Crippen molar-refractivity contribution in [2.45, 2.75) is 64.5 Å². The van der Waals surface area contributed by atoms with Gasteiger partial charge in [0.2, 0.25) is 5.82 Å². The van der Waals surface area contributed by atoms with Crippen LogP contribution in [0, 0.1) is 0 Å². The average molecular weight is 316 g/mol. The van der Waals surface area contributed by atoms with E-state index in [1.807, 2.05) is 12.1 Å². The lowest BCUT2D eigenvalue weighted by molar-refractivity contribution is 0.174. The van der Waals surface area contributed by atoms with Gasteiger partial charge >= 0.3 is 0 Å². The third-order valence-corrected chi connectivity index (χ3v) is 4.67. The maximum atomic E-state index is 5.47. The van der Waals surface area contributed by atoms with Crippen LogP contribution in [0.2, 0.25) is 0 Å². The molecule has 126 valence electrons. The van der Waals surface area contributed by atoms with Crippen molar-refractivity contribution < 1.29 is 4.42 Å². The number of hydrogen-bond donors (Lipinski definition) is 0. The Hall–Kier alpha value is -1.62. The molecule has 2 aromatic rings. The molecule has 5 nitrogen and oxygen atoms in total. The van der Waals surface area contributed by atoms with Gasteiger partial charge in [0.25, 0.3) is 0 Å². The molecule has 1 aliphatic heterocycles. The lowest BCUT2D eigenvalue weighted by atomic mass is 9.98. The fraction of sp³-hybridized carbons (Fsp3) is 0.667. The lowest BCUT2D eigenvalue weighted by Gasteiger charge is -2.32. The van der Waals surface area contributed by atoms with Gasteiger partial charge in [0.1, 0.15) is 5.82 Å². The first kappa shape index (κ1) is 16.2. The predicted octanol–water partition coefficient (Wildman–Crippen LogP) is 3.71. The summed E-state index contributed by atoms with van der Waals surface area (Å²) < 4.78 is 7.53. The summed E-state index contributed by atoms with van der Waals surface area (Å²) in [5, 5.41) is 4.70. The number of hydrogen-bond acceptors (Lipinski definition) is 4. The second-order valence-electron chi connectivity index (χ2n) is 7.58. The summed E-state index contributed by atoms with van der Waals surface area (Å²) in [6, 6.07) is 4.46. The molecule has 0 aromatic carbocycles. The summed E-state index contributed by atoms with van der Waals surface area (Å²) in [4.78, 5) is 7.26. The molecular weight excluding hydrogens is 288 g/mol. The molecule has 0 spiro atoms. The standard InChI is InChI=1S/C18H28N4O/c1-18(2,3)22-16(11-10-14-8-5-6-12-21(14)4)19-17(20-22)15-9-7-13-23-15/h7,9,13-14H,5-6,8,10-12H2,1-4H3. The highest BCUT2D eigenvalue weighted by Crippen LogP contribution is 2.24. The zero-order chi connectivity index (χ0) is 16.4. The van der Waals surface area contributed by atoms with Crippen LogP contribution in [0.15, 0.2) is 22.8 Å². The van der Waals surface area contributed by atoms with Gasteiger partial charge in [-0.05, 0) is 65.8 Å². The highest BCUT2D eigenvalue weighted by molar-refractivity contribution is 5.45. The van der Waals surface area contributed by atoms with Crippen molar-refractivity contribution in [1.82, 2.24) is 19.7 Å². The van der Waals surface area contributed by atoms with Gasteiger partial charge < -0.3 is 9.32 Å². The third-order valence-electron chi connectivity index (χ3n) is 4.67. The first-order valence-electron chi connectivity index (χ1n) is 8.65. The molecule has 1 atom stereocenters. The largest absolute Gasteiger partial charge is 0.461 e. The van der Waals surface area contributed by atoms with E-state index in [1.54, 1.807) is 6.26 Å². The van der Waals surface area contributed by atoms with E-state index in [0.29, 0.717) is 11.9 Å². The Balaban J connectivity index is 1.79. The molecule has 5 heteroatoms. The summed E-state index contributed by atoms with van der Waals surface area (Å²) >= 11 is 0. The maximum Gasteiger partial charge on any atom is 0.217 e. The van der Waals surface area contributed by atoms with Crippen molar-refractivity contribution in [3.05, 3.63) is 24.2 Å². The molecule has 23 heavy (non-hydrogen) atoms. The Morgan fingerprint density at radius 3 is 2.78 bits per heavy atom. The smallest absolute Gasteiger partial charge is 0.217 e. The average Bonchev–Trinajstić information content (AvgIpc) is 3.15. The molecule has 1 unspecified atom stereocenters. The Morgan fingerprint density at radius 1 is 1.30 bits per heavy atom. The van der Waals surface area contributed by atoms with Crippen LogP contribution >= 0.6 is 0 Å². The van der Waals surface area contributed by atoms with Crippen molar-refractivity contribution in [3.8, 4) is 11.6 Å². The minimum absolute atomic E-state index is 0.0777. The van der Waals surface area contributed by atoms with E-state index >= 15 is 0 Å². The molecule has 1 aliphatic rings. The van der Waals surface area contributed by atoms with Crippen molar-refractivity contribution in [2.75, 3.05) is 13.6 Å². The Kier molecular flexibility index (Phi) is 4.57. The van der Waals surface area contributed by atoms with Crippen LogP contribution in [0.25, 0.3) is 11.6 Å². The summed E-state index contributed by atoms with van der Waals surface area (Å²) in [6.07, 6.45) is 7.74. The van der Waals surface area contributed by atoms with Crippen LogP contribution in [0.3, 0.4) is 0 Å². The summed E-state index contributed by atoms with van der Waals surface area (Å²) in [5.74, 6) is 2.49. The quantitative estimate of drug-likeness (QED) is 0.862. The lowest BCUT2D eigenvalue weighted by Crippen LogP contribution is -2.36. The van der Waals surface area contributed by atoms with Gasteiger partial charge in [-0.2, -0.15) is 0 Å². The molecule has 2 aromatic heterocycles. The second kappa shape index (κ2) is 6.48. The fourth-order valence-electron chi connectivity index (χ4n) is 3.36. The molecule has 1 saturated heterocycles. The number of likely N-dealkylation sites (tertiary alicyclic amines) is 1. The molecule has 3 heterocycles. The van der Waals surface area contributed by atoms with Gasteiger partial charge in [-0.25, -0.2) is 9.67 Å². The van der Waals surface area contributed by atoms with E-state index in [1.165, 1.54) is 25.8 Å². The van der Waals surface area contributed by atoms with Gasteiger partial charge in [-0.15, -0.1) is 5.10 Å². The molecule has 0 amide bonds. The number of furan rings is 1. The SMILES string of the molecule is CN1CCCCC1CCc1nc(-c2ccco2)nn1C(C)(C)C. The minimum Gasteiger partial charge on any atom is -0.461 e. The Morgan fingerprint density at radius 2 is 2.13 bits per heavy atom. The molecule has 0 radical (unpaired) electrons. The van der Waals surface area contributed by atoms with E-state index in [0.717, 1.165) is 24.4 Å². The van der Waals surface area contributed by atoms with Crippen LogP contribution in [0.5, 0.6) is 0 Å². The van der Waals surface area contributed by atoms with Gasteiger partial charge in [0, 0.05) is 12.5 Å². The van der Waals surface area contributed by atoms with Crippen molar-refractivity contribution in [3.63, 3.8) is 0 Å². The topological polar surface area (TPSA) is 47.1 Å². The second-order valence-corrected chi connectivity index (χ2v) is 7.58. The van der Waals surface area contributed by atoms with Crippen LogP contribution in [-0.2, 0) is 12.0 Å². The predicted molar refractivity (Wildman–Crippen MR) is 91.3 cm³/mol. The van der Waals surface area contributed by atoms with Crippen LogP contribution in [-0.4, -0.2) is 39.3 Å². The highest BCUT2D eigenvalue weighted by atomic mass is 16.3. The van der Waals surface area contributed by atoms with E-state index < -0.39 is 0 Å². The monoisotopic (exact) mass is 316 g/mol. The van der Waals surface area contributed by atoms with E-state index in [4.69, 9.17) is 14.5 Å². The van der Waals surface area contributed by atoms with Gasteiger partial charge in [0.05, 0.1) is 11.8 Å². The van der Waals surface area contributed by atoms with Crippen LogP contribution < -0.4 is 0 Å². The number of nitrogens with zero attached hydrogens (tertiary/aromatic N) is 4. The molecule has 3 rings (SSSR count). The van der Waals surface area contributed by atoms with E-state index in [2.05, 4.69) is 37.4 Å². The summed E-state index contributed by atoms with van der Waals surface area (Å²) in [7, 11) is 2.24. The van der Waals surface area contributed by atoms with Crippen molar-refractivity contribution in [1.29, 1.82) is 0 Å². The van der Waals surface area contributed by atoms with Crippen molar-refractivity contribution in [2.24, 2.45) is 0 Å². The minimum atomic E-state index is -0.0777. The fourth-order valence-corrected chi connectivity index (χ4v) is 3.36. The number of rotatable bonds is 4. The molecule has 0 aliphatic carbocycles. The van der Waals surface area contributed by atoms with Crippen LogP contribution in [0.1, 0.15) is 52.3 Å². The molecular formula is C18H28N4O. The molecule has 0 bridgehead atoms. The van der Waals surface area contributed by atoms with Crippen molar-refractivity contribution >= 4 is 0 Å². The van der Waals surface area contributed by atoms with Gasteiger partial charge in [0.15, 0.2) is 5.76 Å². The maximum absolute atomic E-state index is 5.47. The molecule has 1 fully saturated rings. The molecule has 0 saturated carbocycles. The number of aryl methyl sites for hydroxylation is 1. The molecule has 0 N–H and O–H groups in total. The zero-order valence-electron chi connectivity index (χ0n) is 14.7. The van der Waals surface area contributed by atoms with E-state index in [-0.39, 0.29) is 5.54 Å². The third kappa shape index (κ3) is 3.66. The Bertz CT molecular complexity index is 624. The Labute approximate surface area is 138 Å². The summed E-state index contributed by atoms with van der Waals surface area (Å²) in [5.41, 5.74) is -0.0777. The van der Waals surface area contributed by atoms with Gasteiger partial charge in [-0.3, -0.25) is 0 Å². The zero-order valence-corrected chi connectivity index (χ0v) is 14.7. The first-order valence-corrected chi connectivity index (χ1v) is 8.65. The number of piperidine rings is 1.